The van der Waals surface area contributed by atoms with Crippen LogP contribution in [0.4, 0.5) is 21.7 Å². The third kappa shape index (κ3) is 2.11. The predicted octanol–water partition coefficient (Wildman–Crippen LogP) is 2.85. The Morgan fingerprint density at radius 2 is 1.94 bits per heavy atom. The second kappa shape index (κ2) is 4.18. The van der Waals surface area contributed by atoms with Gasteiger partial charge in [0, 0.05) is 11.3 Å². The molecule has 0 amide bonds. The number of nitrogens with zero attached hydrogens (tertiary/aromatic N) is 1. The summed E-state index contributed by atoms with van der Waals surface area (Å²) in [6.07, 6.45) is 0. The molecule has 0 saturated heterocycles. The Morgan fingerprint density at radius 1 is 1.19 bits per heavy atom. The molecule has 0 aliphatic heterocycles. The van der Waals surface area contributed by atoms with Gasteiger partial charge >= 0.3 is 0 Å². The molecule has 82 valence electrons. The Bertz CT molecular complexity index is 511. The molecule has 3 nitrogen and oxygen atoms in total. The largest absolute Gasteiger partial charge is 0.384 e. The molecular weight excluding hydrogens is 205 g/mol. The lowest BCUT2D eigenvalue weighted by Gasteiger charge is -2.09. The number of nitrogens with two attached hydrogens (primary N) is 1. The zero-order valence-electron chi connectivity index (χ0n) is 8.87. The van der Waals surface area contributed by atoms with Crippen molar-refractivity contribution in [3.8, 4) is 0 Å². The molecule has 2 rings (SSSR count). The highest BCUT2D eigenvalue weighted by atomic mass is 19.1. The second-order valence-corrected chi connectivity index (χ2v) is 3.49. The van der Waals surface area contributed by atoms with Crippen LogP contribution < -0.4 is 11.1 Å². The summed E-state index contributed by atoms with van der Waals surface area (Å²) in [7, 11) is 0. The summed E-state index contributed by atoms with van der Waals surface area (Å²) in [5, 5.41) is 3.02. The van der Waals surface area contributed by atoms with E-state index in [0.29, 0.717) is 22.9 Å². The predicted molar refractivity (Wildman–Crippen MR) is 63.1 cm³/mol. The Hall–Kier alpha value is -2.10. The van der Waals surface area contributed by atoms with Crippen LogP contribution in [0.2, 0.25) is 0 Å². The van der Waals surface area contributed by atoms with Crippen molar-refractivity contribution in [2.24, 2.45) is 0 Å². The number of nitrogens with one attached hydrogen (secondary N) is 1. The van der Waals surface area contributed by atoms with E-state index in [1.807, 2.05) is 0 Å². The van der Waals surface area contributed by atoms with Crippen molar-refractivity contribution in [1.82, 2.24) is 4.98 Å². The van der Waals surface area contributed by atoms with Crippen LogP contribution in [0.5, 0.6) is 0 Å². The van der Waals surface area contributed by atoms with Crippen LogP contribution in [0.15, 0.2) is 36.4 Å². The summed E-state index contributed by atoms with van der Waals surface area (Å²) in [5.74, 6) is 0.793. The molecule has 2 aromatic rings. The van der Waals surface area contributed by atoms with Crippen LogP contribution in [0.3, 0.4) is 0 Å². The number of pyridine rings is 1. The first kappa shape index (κ1) is 10.4. The summed E-state index contributed by atoms with van der Waals surface area (Å²) < 4.78 is 13.3. The van der Waals surface area contributed by atoms with Gasteiger partial charge < -0.3 is 11.1 Å². The van der Waals surface area contributed by atoms with Gasteiger partial charge in [0.15, 0.2) is 0 Å². The SMILES string of the molecule is Cc1c(F)cccc1Nc1cccc(N)n1. The van der Waals surface area contributed by atoms with E-state index in [9.17, 15) is 4.39 Å². The van der Waals surface area contributed by atoms with Gasteiger partial charge in [0.1, 0.15) is 17.5 Å². The molecule has 0 spiro atoms. The average Bonchev–Trinajstić information content (AvgIpc) is 2.25. The van der Waals surface area contributed by atoms with Crippen molar-refractivity contribution in [2.75, 3.05) is 11.1 Å². The standard InChI is InChI=1S/C12H12FN3/c1-8-9(13)4-2-5-10(8)15-12-7-3-6-11(14)16-12/h2-7H,1H3,(H3,14,15,16). The van der Waals surface area contributed by atoms with Gasteiger partial charge in [-0.2, -0.15) is 0 Å². The number of nitrogen functional groups attached to an aromatic ring is 1. The van der Waals surface area contributed by atoms with Crippen molar-refractivity contribution in [3.63, 3.8) is 0 Å². The molecule has 0 atom stereocenters. The molecule has 1 heterocycles. The van der Waals surface area contributed by atoms with E-state index in [4.69, 9.17) is 5.73 Å². The number of hydrogen-bond donors (Lipinski definition) is 2. The number of anilines is 3. The fraction of sp³-hybridized carbons (Fsp3) is 0.0833. The first-order valence-electron chi connectivity index (χ1n) is 4.91. The third-order valence-corrected chi connectivity index (χ3v) is 2.30. The Balaban J connectivity index is 2.31. The molecule has 3 N–H and O–H groups in total. The van der Waals surface area contributed by atoms with Crippen LogP contribution >= 0.6 is 0 Å². The van der Waals surface area contributed by atoms with Crippen LogP contribution in [-0.4, -0.2) is 4.98 Å². The van der Waals surface area contributed by atoms with Crippen LogP contribution in [-0.2, 0) is 0 Å². The number of benzene rings is 1. The van der Waals surface area contributed by atoms with Gasteiger partial charge in [-0.1, -0.05) is 12.1 Å². The van der Waals surface area contributed by atoms with E-state index in [2.05, 4.69) is 10.3 Å². The smallest absolute Gasteiger partial charge is 0.132 e. The lowest BCUT2D eigenvalue weighted by Crippen LogP contribution is -1.99. The minimum atomic E-state index is -0.242. The van der Waals surface area contributed by atoms with E-state index >= 15 is 0 Å². The van der Waals surface area contributed by atoms with E-state index in [1.54, 1.807) is 37.3 Å². The normalized spacial score (nSPS) is 10.1. The fourth-order valence-corrected chi connectivity index (χ4v) is 1.40. The minimum Gasteiger partial charge on any atom is -0.384 e. The molecule has 16 heavy (non-hydrogen) atoms. The summed E-state index contributed by atoms with van der Waals surface area (Å²) in [6.45, 7) is 1.71. The van der Waals surface area contributed by atoms with Gasteiger partial charge in [0.05, 0.1) is 0 Å². The minimum absolute atomic E-state index is 0.242. The lowest BCUT2D eigenvalue weighted by molar-refractivity contribution is 0.619. The van der Waals surface area contributed by atoms with Crippen LogP contribution in [0.25, 0.3) is 0 Å². The third-order valence-electron chi connectivity index (χ3n) is 2.30. The average molecular weight is 217 g/mol. The molecule has 0 radical (unpaired) electrons. The summed E-state index contributed by atoms with van der Waals surface area (Å²) >= 11 is 0. The number of rotatable bonds is 2. The maximum Gasteiger partial charge on any atom is 0.132 e. The topological polar surface area (TPSA) is 50.9 Å². The monoisotopic (exact) mass is 217 g/mol. The molecule has 0 saturated carbocycles. The fourth-order valence-electron chi connectivity index (χ4n) is 1.40. The molecule has 1 aromatic carbocycles. The van der Waals surface area contributed by atoms with Crippen molar-refractivity contribution < 1.29 is 4.39 Å². The van der Waals surface area contributed by atoms with Crippen molar-refractivity contribution >= 4 is 17.3 Å². The number of aromatic nitrogens is 1. The molecule has 0 unspecified atom stereocenters. The molecule has 0 aliphatic rings. The maximum absolute atomic E-state index is 13.3. The zero-order chi connectivity index (χ0) is 11.5. The van der Waals surface area contributed by atoms with E-state index in [-0.39, 0.29) is 5.82 Å². The summed E-state index contributed by atoms with van der Waals surface area (Å²) in [4.78, 5) is 4.08. The van der Waals surface area contributed by atoms with Gasteiger partial charge in [-0.25, -0.2) is 9.37 Å². The van der Waals surface area contributed by atoms with Crippen LogP contribution in [0, 0.1) is 12.7 Å². The highest BCUT2D eigenvalue weighted by Crippen LogP contribution is 2.21. The van der Waals surface area contributed by atoms with Crippen molar-refractivity contribution in [2.45, 2.75) is 6.92 Å². The first-order chi connectivity index (χ1) is 7.66. The second-order valence-electron chi connectivity index (χ2n) is 3.49. The quantitative estimate of drug-likeness (QED) is 0.813. The maximum atomic E-state index is 13.3. The first-order valence-corrected chi connectivity index (χ1v) is 4.91. The molecule has 0 aliphatic carbocycles. The Morgan fingerprint density at radius 3 is 2.69 bits per heavy atom. The molecular formula is C12H12FN3. The lowest BCUT2D eigenvalue weighted by atomic mass is 10.2. The molecule has 4 heteroatoms. The number of hydrogen-bond acceptors (Lipinski definition) is 3. The van der Waals surface area contributed by atoms with Crippen LogP contribution in [0.1, 0.15) is 5.56 Å². The Kier molecular flexibility index (Phi) is 2.72. The van der Waals surface area contributed by atoms with Crippen molar-refractivity contribution in [1.29, 1.82) is 0 Å². The van der Waals surface area contributed by atoms with Gasteiger partial charge in [0.2, 0.25) is 0 Å². The van der Waals surface area contributed by atoms with E-state index < -0.39 is 0 Å². The Labute approximate surface area is 93.1 Å². The summed E-state index contributed by atoms with van der Waals surface area (Å²) in [6, 6.07) is 10.1. The highest BCUT2D eigenvalue weighted by Gasteiger charge is 2.03. The van der Waals surface area contributed by atoms with Gasteiger partial charge in [-0.3, -0.25) is 0 Å². The number of halogens is 1. The van der Waals surface area contributed by atoms with Gasteiger partial charge in [0.25, 0.3) is 0 Å². The summed E-state index contributed by atoms with van der Waals surface area (Å²) in [5.41, 5.74) is 6.81. The van der Waals surface area contributed by atoms with Gasteiger partial charge in [-0.15, -0.1) is 0 Å². The highest BCUT2D eigenvalue weighted by molar-refractivity contribution is 5.61. The molecule has 0 fully saturated rings. The van der Waals surface area contributed by atoms with Crippen molar-refractivity contribution in [3.05, 3.63) is 47.8 Å². The molecule has 1 aromatic heterocycles. The molecule has 0 bridgehead atoms. The van der Waals surface area contributed by atoms with Gasteiger partial charge in [-0.05, 0) is 31.2 Å². The van der Waals surface area contributed by atoms with E-state index in [0.717, 1.165) is 0 Å². The van der Waals surface area contributed by atoms with E-state index in [1.165, 1.54) is 6.07 Å². The zero-order valence-corrected chi connectivity index (χ0v) is 8.87.